The lowest BCUT2D eigenvalue weighted by atomic mass is 10.1. The Kier molecular flexibility index (Phi) is 8.69. The molecule has 1 N–H and O–H groups in total. The van der Waals surface area contributed by atoms with E-state index in [2.05, 4.69) is 34.5 Å². The average Bonchev–Trinajstić information content (AvgIpc) is 3.09. The van der Waals surface area contributed by atoms with Crippen LogP contribution in [-0.2, 0) is 25.7 Å². The minimum absolute atomic E-state index is 0.0792. The van der Waals surface area contributed by atoms with Gasteiger partial charge in [-0.05, 0) is 45.6 Å². The van der Waals surface area contributed by atoms with Gasteiger partial charge in [0.1, 0.15) is 23.9 Å². The van der Waals surface area contributed by atoms with Crippen LogP contribution in [0.5, 0.6) is 0 Å². The monoisotopic (exact) mass is 528 g/mol. The third-order valence-corrected chi connectivity index (χ3v) is 5.20. The Morgan fingerprint density at radius 2 is 1.87 bits per heavy atom. The summed E-state index contributed by atoms with van der Waals surface area (Å²) in [6, 6.07) is 8.42. The lowest BCUT2D eigenvalue weighted by molar-refractivity contribution is -0.163. The van der Waals surface area contributed by atoms with Crippen molar-refractivity contribution in [2.75, 3.05) is 4.43 Å². The Balaban J connectivity index is 2.02. The van der Waals surface area contributed by atoms with Crippen LogP contribution in [0.25, 0.3) is 0 Å². The van der Waals surface area contributed by atoms with Crippen LogP contribution in [0.3, 0.4) is 0 Å². The molecule has 0 spiro atoms. The van der Waals surface area contributed by atoms with E-state index in [4.69, 9.17) is 9.47 Å². The number of amides is 2. The van der Waals surface area contributed by atoms with E-state index < -0.39 is 29.6 Å². The van der Waals surface area contributed by atoms with Gasteiger partial charge in [-0.3, -0.25) is 10.1 Å². The van der Waals surface area contributed by atoms with Crippen LogP contribution in [0, 0.1) is 0 Å². The highest BCUT2D eigenvalue weighted by Gasteiger charge is 2.43. The molecule has 2 atom stereocenters. The Morgan fingerprint density at radius 1 is 1.20 bits per heavy atom. The number of alkyl carbamates (subject to hydrolysis) is 1. The van der Waals surface area contributed by atoms with Crippen LogP contribution in [0.2, 0.25) is 0 Å². The van der Waals surface area contributed by atoms with Gasteiger partial charge in [-0.2, -0.15) is 0 Å². The van der Waals surface area contributed by atoms with Crippen molar-refractivity contribution in [2.24, 2.45) is 0 Å². The fourth-order valence-electron chi connectivity index (χ4n) is 3.29. The smallest absolute Gasteiger partial charge is 0.412 e. The van der Waals surface area contributed by atoms with E-state index in [9.17, 15) is 14.4 Å². The summed E-state index contributed by atoms with van der Waals surface area (Å²) >= 11 is 2.24. The van der Waals surface area contributed by atoms with Crippen LogP contribution < -0.4 is 5.32 Å². The summed E-state index contributed by atoms with van der Waals surface area (Å²) < 4.78 is 11.5. The van der Waals surface area contributed by atoms with Crippen LogP contribution in [0.15, 0.2) is 42.6 Å². The van der Waals surface area contributed by atoms with E-state index in [0.717, 1.165) is 16.4 Å². The predicted octanol–water partition coefficient (Wildman–Crippen LogP) is 3.95. The van der Waals surface area contributed by atoms with Crippen LogP contribution in [0.4, 0.5) is 4.79 Å². The van der Waals surface area contributed by atoms with Crippen LogP contribution >= 0.6 is 22.6 Å². The molecule has 0 unspecified atom stereocenters. The molecular formula is C22H29IN2O5. The van der Waals surface area contributed by atoms with Crippen molar-refractivity contribution in [2.45, 2.75) is 64.3 Å². The number of alkyl halides is 1. The fourth-order valence-corrected chi connectivity index (χ4v) is 4.01. The summed E-state index contributed by atoms with van der Waals surface area (Å²) in [5.74, 6) is -0.930. The van der Waals surface area contributed by atoms with Gasteiger partial charge < -0.3 is 14.4 Å². The molecule has 0 aliphatic carbocycles. The van der Waals surface area contributed by atoms with Gasteiger partial charge in [-0.1, -0.05) is 59.5 Å². The van der Waals surface area contributed by atoms with Crippen molar-refractivity contribution in [1.82, 2.24) is 10.2 Å². The summed E-state index contributed by atoms with van der Waals surface area (Å²) in [6.07, 6.45) is 1.20. The number of nitrogens with zero attached hydrogens (tertiary/aromatic N) is 1. The van der Waals surface area contributed by atoms with Gasteiger partial charge in [0.05, 0.1) is 0 Å². The minimum atomic E-state index is -0.768. The first kappa shape index (κ1) is 24.2. The standard InChI is InChI=1S/C22H29IN2O5/c1-15(24-21(28)29-14-16-8-6-5-7-9-16)19(26)25-17(12-13-23)10-11-18(25)20(27)30-22(2,3)4/h5-9,17-18H,1,10-14H2,2-4H3,(H,24,28)/t17-,18+/m1/s1. The van der Waals surface area contributed by atoms with Crippen molar-refractivity contribution >= 4 is 40.6 Å². The molecule has 1 aliphatic heterocycles. The molecule has 1 aliphatic rings. The van der Waals surface area contributed by atoms with Gasteiger partial charge in [0.15, 0.2) is 0 Å². The van der Waals surface area contributed by atoms with E-state index in [-0.39, 0.29) is 18.3 Å². The number of rotatable bonds is 7. The molecule has 0 radical (unpaired) electrons. The maximum Gasteiger partial charge on any atom is 0.412 e. The van der Waals surface area contributed by atoms with Gasteiger partial charge in [0.2, 0.25) is 0 Å². The minimum Gasteiger partial charge on any atom is -0.458 e. The summed E-state index contributed by atoms with van der Waals surface area (Å²) in [5.41, 5.74) is 0.0575. The highest BCUT2D eigenvalue weighted by molar-refractivity contribution is 14.1. The molecular weight excluding hydrogens is 499 g/mol. The molecule has 30 heavy (non-hydrogen) atoms. The van der Waals surface area contributed by atoms with Crippen LogP contribution in [-0.4, -0.2) is 45.0 Å². The number of hydrogen-bond donors (Lipinski definition) is 1. The van der Waals surface area contributed by atoms with E-state index >= 15 is 0 Å². The third-order valence-electron chi connectivity index (χ3n) is 4.58. The van der Waals surface area contributed by atoms with E-state index in [1.165, 1.54) is 4.90 Å². The normalized spacial score (nSPS) is 18.6. The molecule has 1 saturated heterocycles. The molecule has 1 aromatic rings. The summed E-state index contributed by atoms with van der Waals surface area (Å²) in [6.45, 7) is 9.15. The number of benzene rings is 1. The van der Waals surface area contributed by atoms with Gasteiger partial charge in [0.25, 0.3) is 5.91 Å². The Bertz CT molecular complexity index is 775. The van der Waals surface area contributed by atoms with Gasteiger partial charge in [-0.15, -0.1) is 0 Å². The second-order valence-corrected chi connectivity index (χ2v) is 9.21. The van der Waals surface area contributed by atoms with Crippen LogP contribution in [0.1, 0.15) is 45.6 Å². The Morgan fingerprint density at radius 3 is 2.47 bits per heavy atom. The number of carbonyl (C=O) groups excluding carboxylic acids is 3. The fraction of sp³-hybridized carbons (Fsp3) is 0.500. The second kappa shape index (κ2) is 10.8. The maximum absolute atomic E-state index is 13.1. The molecule has 1 aromatic carbocycles. The number of esters is 1. The molecule has 0 saturated carbocycles. The highest BCUT2D eigenvalue weighted by atomic mass is 127. The van der Waals surface area contributed by atoms with E-state index in [1.54, 1.807) is 20.8 Å². The van der Waals surface area contributed by atoms with E-state index in [1.807, 2.05) is 30.3 Å². The summed E-state index contributed by atoms with van der Waals surface area (Å²) in [7, 11) is 0. The molecule has 1 fully saturated rings. The Labute approximate surface area is 191 Å². The Hall–Kier alpha value is -2.10. The number of carbonyl (C=O) groups is 3. The zero-order valence-corrected chi connectivity index (χ0v) is 19.8. The summed E-state index contributed by atoms with van der Waals surface area (Å²) in [4.78, 5) is 39.3. The van der Waals surface area contributed by atoms with Crippen molar-refractivity contribution in [3.05, 3.63) is 48.2 Å². The first-order valence-corrected chi connectivity index (χ1v) is 11.4. The first-order valence-electron chi connectivity index (χ1n) is 9.90. The largest absolute Gasteiger partial charge is 0.458 e. The number of likely N-dealkylation sites (tertiary alicyclic amines) is 1. The lowest BCUT2D eigenvalue weighted by Crippen LogP contribution is -2.49. The molecule has 8 heteroatoms. The molecule has 0 bridgehead atoms. The third kappa shape index (κ3) is 7.00. The molecule has 2 rings (SSSR count). The maximum atomic E-state index is 13.1. The number of nitrogens with one attached hydrogen (secondary N) is 1. The van der Waals surface area contributed by atoms with Crippen molar-refractivity contribution < 1.29 is 23.9 Å². The SMILES string of the molecule is C=C(NC(=O)OCc1ccccc1)C(=O)N1[C@@H](CCI)CC[C@H]1C(=O)OC(C)(C)C. The summed E-state index contributed by atoms with van der Waals surface area (Å²) in [5, 5.41) is 2.40. The van der Waals surface area contributed by atoms with Crippen molar-refractivity contribution in [3.8, 4) is 0 Å². The number of halogens is 1. The lowest BCUT2D eigenvalue weighted by Gasteiger charge is -2.31. The number of hydrogen-bond acceptors (Lipinski definition) is 5. The molecule has 0 aromatic heterocycles. The quantitative estimate of drug-likeness (QED) is 0.251. The zero-order chi connectivity index (χ0) is 22.3. The van der Waals surface area contributed by atoms with Gasteiger partial charge in [-0.25, -0.2) is 9.59 Å². The molecule has 2 amide bonds. The first-order chi connectivity index (χ1) is 14.1. The molecule has 164 valence electrons. The van der Waals surface area contributed by atoms with E-state index in [0.29, 0.717) is 12.8 Å². The van der Waals surface area contributed by atoms with Crippen molar-refractivity contribution in [3.63, 3.8) is 0 Å². The molecule has 1 heterocycles. The van der Waals surface area contributed by atoms with Crippen molar-refractivity contribution in [1.29, 1.82) is 0 Å². The second-order valence-electron chi connectivity index (χ2n) is 8.14. The average molecular weight is 528 g/mol. The number of ether oxygens (including phenoxy) is 2. The molecule has 7 nitrogen and oxygen atoms in total. The topological polar surface area (TPSA) is 84.9 Å². The highest BCUT2D eigenvalue weighted by Crippen LogP contribution is 2.30. The van der Waals surface area contributed by atoms with Gasteiger partial charge >= 0.3 is 12.1 Å². The predicted molar refractivity (Wildman–Crippen MR) is 122 cm³/mol. The van der Waals surface area contributed by atoms with Gasteiger partial charge in [0, 0.05) is 10.5 Å². The zero-order valence-electron chi connectivity index (χ0n) is 17.7.